The molecular formula is C17H13N3O4. The lowest BCUT2D eigenvalue weighted by molar-refractivity contribution is -0.402. The van der Waals surface area contributed by atoms with Gasteiger partial charge in [0.2, 0.25) is 0 Å². The highest BCUT2D eigenvalue weighted by Gasteiger charge is 2.27. The molecule has 0 saturated heterocycles. The van der Waals surface area contributed by atoms with Gasteiger partial charge in [0.15, 0.2) is 0 Å². The Hall–Kier alpha value is -3.48. The van der Waals surface area contributed by atoms with E-state index in [4.69, 9.17) is 4.42 Å². The fourth-order valence-corrected chi connectivity index (χ4v) is 2.22. The third-order valence-electron chi connectivity index (χ3n) is 3.38. The number of carbonyl (C=O) groups is 1. The second-order valence-corrected chi connectivity index (χ2v) is 5.01. The van der Waals surface area contributed by atoms with E-state index in [1.165, 1.54) is 17.1 Å². The average Bonchev–Trinajstić information content (AvgIpc) is 3.15. The Bertz CT molecular complexity index is 878. The highest BCUT2D eigenvalue weighted by Crippen LogP contribution is 2.23. The summed E-state index contributed by atoms with van der Waals surface area (Å²) < 4.78 is 5.01. The maximum atomic E-state index is 12.4. The molecule has 120 valence electrons. The number of hydrogen-bond donors (Lipinski definition) is 0. The van der Waals surface area contributed by atoms with Crippen LogP contribution in [0.5, 0.6) is 0 Å². The molecule has 24 heavy (non-hydrogen) atoms. The maximum Gasteiger partial charge on any atom is 0.433 e. The summed E-state index contributed by atoms with van der Waals surface area (Å²) in [5.74, 6) is -0.223. The first-order chi connectivity index (χ1) is 11.6. The minimum atomic E-state index is -0.606. The van der Waals surface area contributed by atoms with E-state index < -0.39 is 4.92 Å². The van der Waals surface area contributed by atoms with Crippen LogP contribution in [0.2, 0.25) is 0 Å². The smallest absolute Gasteiger partial charge is 0.401 e. The van der Waals surface area contributed by atoms with Crippen LogP contribution in [0, 0.1) is 10.1 Å². The van der Waals surface area contributed by atoms with Crippen molar-refractivity contribution >= 4 is 29.3 Å². The molecule has 0 aliphatic carbocycles. The van der Waals surface area contributed by atoms with Gasteiger partial charge in [-0.2, -0.15) is 10.1 Å². The summed E-state index contributed by atoms with van der Waals surface area (Å²) in [6.07, 6.45) is 4.76. The highest BCUT2D eigenvalue weighted by molar-refractivity contribution is 6.29. The number of furan rings is 1. The van der Waals surface area contributed by atoms with Crippen LogP contribution in [-0.4, -0.2) is 16.5 Å². The van der Waals surface area contributed by atoms with Crippen LogP contribution in [0.15, 0.2) is 69.7 Å². The molecule has 2 aromatic rings. The predicted molar refractivity (Wildman–Crippen MR) is 89.5 cm³/mol. The van der Waals surface area contributed by atoms with Crippen molar-refractivity contribution < 1.29 is 14.1 Å². The Balaban J connectivity index is 1.78. The molecule has 0 N–H and O–H groups in total. The van der Waals surface area contributed by atoms with Gasteiger partial charge in [-0.1, -0.05) is 24.3 Å². The number of anilines is 1. The normalized spacial score (nSPS) is 16.2. The average molecular weight is 323 g/mol. The first-order valence-electron chi connectivity index (χ1n) is 7.14. The molecule has 0 spiro atoms. The van der Waals surface area contributed by atoms with Gasteiger partial charge in [0.05, 0.1) is 23.0 Å². The van der Waals surface area contributed by atoms with E-state index >= 15 is 0 Å². The molecule has 0 fully saturated rings. The second-order valence-electron chi connectivity index (χ2n) is 5.01. The van der Waals surface area contributed by atoms with Crippen LogP contribution in [0.4, 0.5) is 11.6 Å². The molecule has 1 aliphatic heterocycles. The van der Waals surface area contributed by atoms with Gasteiger partial charge in [-0.15, -0.1) is 0 Å². The Labute approximate surface area is 137 Å². The van der Waals surface area contributed by atoms with E-state index in [2.05, 4.69) is 5.10 Å². The number of amides is 1. The van der Waals surface area contributed by atoms with E-state index in [0.717, 1.165) is 0 Å². The summed E-state index contributed by atoms with van der Waals surface area (Å²) in [6.45, 7) is 1.75. The third-order valence-corrected chi connectivity index (χ3v) is 3.38. The van der Waals surface area contributed by atoms with Crippen molar-refractivity contribution in [2.24, 2.45) is 5.10 Å². The van der Waals surface area contributed by atoms with Crippen molar-refractivity contribution in [1.82, 2.24) is 0 Å². The van der Waals surface area contributed by atoms with Gasteiger partial charge in [-0.05, 0) is 37.3 Å². The number of hydrazone groups is 1. The molecule has 1 aromatic heterocycles. The molecule has 1 amide bonds. The van der Waals surface area contributed by atoms with Crippen LogP contribution >= 0.6 is 0 Å². The van der Waals surface area contributed by atoms with Crippen molar-refractivity contribution in [3.63, 3.8) is 0 Å². The number of para-hydroxylation sites is 1. The van der Waals surface area contributed by atoms with Gasteiger partial charge in [0.1, 0.15) is 10.7 Å². The lowest BCUT2D eigenvalue weighted by atomic mass is 10.1. The topological polar surface area (TPSA) is 89.0 Å². The minimum absolute atomic E-state index is 0.228. The Morgan fingerprint density at radius 2 is 1.96 bits per heavy atom. The van der Waals surface area contributed by atoms with Gasteiger partial charge in [-0.3, -0.25) is 14.9 Å². The van der Waals surface area contributed by atoms with Crippen molar-refractivity contribution in [3.8, 4) is 0 Å². The molecule has 1 aromatic carbocycles. The van der Waals surface area contributed by atoms with Crippen molar-refractivity contribution in [3.05, 3.63) is 76.1 Å². The van der Waals surface area contributed by atoms with Gasteiger partial charge < -0.3 is 4.42 Å². The summed E-state index contributed by atoms with van der Waals surface area (Å²) in [7, 11) is 0. The molecule has 0 saturated carbocycles. The van der Waals surface area contributed by atoms with Gasteiger partial charge >= 0.3 is 5.88 Å². The number of hydrogen-bond acceptors (Lipinski definition) is 5. The number of nitro groups is 1. The summed E-state index contributed by atoms with van der Waals surface area (Å²) in [5, 5.41) is 16.2. The number of carbonyl (C=O) groups excluding carboxylic acids is 1. The van der Waals surface area contributed by atoms with E-state index in [0.29, 0.717) is 22.7 Å². The molecule has 3 rings (SSSR count). The molecule has 2 heterocycles. The fraction of sp³-hybridized carbons (Fsp3) is 0.0588. The summed E-state index contributed by atoms with van der Waals surface area (Å²) in [6, 6.07) is 11.9. The first kappa shape index (κ1) is 15.4. The zero-order valence-electron chi connectivity index (χ0n) is 12.7. The standard InChI is InChI=1S/C17H13N3O4/c1-12-15(9-5-8-14-10-11-16(24-14)20(22)23)17(21)19(18-12)13-6-3-2-4-7-13/h2-11H,1H3/b8-5+,15-9-. The number of nitrogens with zero attached hydrogens (tertiary/aromatic N) is 3. The van der Waals surface area contributed by atoms with Gasteiger partial charge in [0, 0.05) is 0 Å². The number of allylic oxidation sites excluding steroid dienone is 2. The number of benzene rings is 1. The van der Waals surface area contributed by atoms with E-state index in [1.54, 1.807) is 37.3 Å². The van der Waals surface area contributed by atoms with Crippen molar-refractivity contribution in [2.75, 3.05) is 5.01 Å². The molecule has 0 radical (unpaired) electrons. The second kappa shape index (κ2) is 6.33. The van der Waals surface area contributed by atoms with Gasteiger partial charge in [0.25, 0.3) is 5.91 Å². The van der Waals surface area contributed by atoms with E-state index in [1.807, 2.05) is 18.2 Å². The molecule has 0 atom stereocenters. The molecule has 7 nitrogen and oxygen atoms in total. The SMILES string of the molecule is CC1=NN(c2ccccc2)C(=O)/C1=C\C=C\c1ccc([N+](=O)[O-])o1. The van der Waals surface area contributed by atoms with E-state index in [-0.39, 0.29) is 11.8 Å². The number of rotatable bonds is 4. The zero-order chi connectivity index (χ0) is 17.1. The largest absolute Gasteiger partial charge is 0.433 e. The molecule has 7 heteroatoms. The van der Waals surface area contributed by atoms with Crippen LogP contribution in [0.3, 0.4) is 0 Å². The highest BCUT2D eigenvalue weighted by atomic mass is 16.6. The Morgan fingerprint density at radius 3 is 2.62 bits per heavy atom. The lowest BCUT2D eigenvalue weighted by Gasteiger charge is -2.10. The molecule has 1 aliphatic rings. The lowest BCUT2D eigenvalue weighted by Crippen LogP contribution is -2.21. The summed E-state index contributed by atoms with van der Waals surface area (Å²) in [4.78, 5) is 22.4. The first-order valence-corrected chi connectivity index (χ1v) is 7.14. The predicted octanol–water partition coefficient (Wildman–Crippen LogP) is 3.55. The quantitative estimate of drug-likeness (QED) is 0.489. The Kier molecular flexibility index (Phi) is 4.07. The third kappa shape index (κ3) is 3.00. The molecule has 0 bridgehead atoms. The minimum Gasteiger partial charge on any atom is -0.401 e. The molecule has 0 unspecified atom stereocenters. The fourth-order valence-electron chi connectivity index (χ4n) is 2.22. The van der Waals surface area contributed by atoms with E-state index in [9.17, 15) is 14.9 Å². The monoisotopic (exact) mass is 323 g/mol. The van der Waals surface area contributed by atoms with Crippen LogP contribution in [0.1, 0.15) is 12.7 Å². The summed E-state index contributed by atoms with van der Waals surface area (Å²) in [5.41, 5.74) is 1.74. The summed E-state index contributed by atoms with van der Waals surface area (Å²) >= 11 is 0. The van der Waals surface area contributed by atoms with Crippen LogP contribution < -0.4 is 5.01 Å². The Morgan fingerprint density at radius 1 is 1.21 bits per heavy atom. The van der Waals surface area contributed by atoms with Crippen molar-refractivity contribution in [1.29, 1.82) is 0 Å². The van der Waals surface area contributed by atoms with Crippen LogP contribution in [-0.2, 0) is 4.79 Å². The van der Waals surface area contributed by atoms with Gasteiger partial charge in [-0.25, -0.2) is 0 Å². The molecular weight excluding hydrogens is 310 g/mol. The maximum absolute atomic E-state index is 12.4. The van der Waals surface area contributed by atoms with Crippen LogP contribution in [0.25, 0.3) is 6.08 Å². The van der Waals surface area contributed by atoms with Crippen molar-refractivity contribution in [2.45, 2.75) is 6.92 Å². The zero-order valence-corrected chi connectivity index (χ0v) is 12.7.